The highest BCUT2D eigenvalue weighted by atomic mass is 16.1. The summed E-state index contributed by atoms with van der Waals surface area (Å²) in [6, 6.07) is 16.1. The van der Waals surface area contributed by atoms with Gasteiger partial charge in [-0.15, -0.1) is 0 Å². The molecule has 6 nitrogen and oxygen atoms in total. The average molecular weight is 444 g/mol. The lowest BCUT2D eigenvalue weighted by atomic mass is 10.0. The normalized spacial score (nSPS) is 14.8. The van der Waals surface area contributed by atoms with Crippen LogP contribution in [0.4, 0.5) is 11.5 Å². The molecule has 3 heterocycles. The van der Waals surface area contributed by atoms with Crippen LogP contribution >= 0.6 is 0 Å². The molecule has 33 heavy (non-hydrogen) atoms. The molecule has 6 heteroatoms. The van der Waals surface area contributed by atoms with Crippen molar-refractivity contribution >= 4 is 17.4 Å². The number of nitrogens with zero attached hydrogens (tertiary/aromatic N) is 4. The van der Waals surface area contributed by atoms with E-state index < -0.39 is 0 Å². The van der Waals surface area contributed by atoms with Crippen LogP contribution in [0.15, 0.2) is 60.9 Å². The Hall–Kier alpha value is -3.25. The largest absolute Gasteiger partial charge is 0.354 e. The van der Waals surface area contributed by atoms with E-state index in [0.717, 1.165) is 60.1 Å². The van der Waals surface area contributed by atoms with E-state index in [1.807, 2.05) is 55.6 Å². The number of hydrogen-bond donors (Lipinski definition) is 1. The first kappa shape index (κ1) is 22.9. The fourth-order valence-corrected chi connectivity index (χ4v) is 4.18. The molecule has 1 aromatic carbocycles. The Kier molecular flexibility index (Phi) is 6.75. The number of rotatable bonds is 5. The van der Waals surface area contributed by atoms with E-state index in [1.165, 1.54) is 0 Å². The average Bonchev–Trinajstić information content (AvgIpc) is 2.79. The third-order valence-corrected chi connectivity index (χ3v) is 6.13. The van der Waals surface area contributed by atoms with Gasteiger partial charge >= 0.3 is 0 Å². The third-order valence-electron chi connectivity index (χ3n) is 6.13. The van der Waals surface area contributed by atoms with Gasteiger partial charge in [0.2, 0.25) is 5.91 Å². The molecular weight excluding hydrogens is 410 g/mol. The monoisotopic (exact) mass is 443 g/mol. The summed E-state index contributed by atoms with van der Waals surface area (Å²) in [5.74, 6) is 0.916. The highest BCUT2D eigenvalue weighted by molar-refractivity contribution is 5.92. The number of nitrogens with one attached hydrogen (secondary N) is 1. The molecule has 1 aliphatic rings. The van der Waals surface area contributed by atoms with Gasteiger partial charge < -0.3 is 10.2 Å². The predicted octanol–water partition coefficient (Wildman–Crippen LogP) is 4.55. The van der Waals surface area contributed by atoms with Crippen molar-refractivity contribution < 1.29 is 4.79 Å². The number of hydrogen-bond acceptors (Lipinski definition) is 5. The van der Waals surface area contributed by atoms with E-state index >= 15 is 0 Å². The maximum Gasteiger partial charge on any atom is 0.228 e. The Balaban J connectivity index is 1.30. The van der Waals surface area contributed by atoms with Gasteiger partial charge in [0.15, 0.2) is 0 Å². The van der Waals surface area contributed by atoms with Crippen molar-refractivity contribution in [3.05, 3.63) is 72.2 Å². The number of benzene rings is 1. The number of carbonyl (C=O) groups is 1. The molecule has 0 unspecified atom stereocenters. The minimum Gasteiger partial charge on any atom is -0.354 e. The van der Waals surface area contributed by atoms with Gasteiger partial charge in [-0.25, -0.2) is 4.98 Å². The molecular formula is C27H33N5O. The summed E-state index contributed by atoms with van der Waals surface area (Å²) < 4.78 is 0. The van der Waals surface area contributed by atoms with E-state index in [4.69, 9.17) is 0 Å². The maximum absolute atomic E-state index is 12.5. The number of piperazine rings is 1. The molecule has 1 saturated heterocycles. The number of amides is 1. The number of pyridine rings is 2. The number of aromatic nitrogens is 2. The van der Waals surface area contributed by atoms with Gasteiger partial charge in [-0.2, -0.15) is 0 Å². The van der Waals surface area contributed by atoms with Crippen molar-refractivity contribution in [2.24, 2.45) is 0 Å². The van der Waals surface area contributed by atoms with Crippen LogP contribution in [-0.4, -0.2) is 52.5 Å². The van der Waals surface area contributed by atoms with Crippen LogP contribution in [0.25, 0.3) is 11.1 Å². The van der Waals surface area contributed by atoms with Gasteiger partial charge in [0.25, 0.3) is 0 Å². The van der Waals surface area contributed by atoms with Crippen LogP contribution in [0.2, 0.25) is 0 Å². The second-order valence-corrected chi connectivity index (χ2v) is 9.66. The molecule has 3 aromatic rings. The van der Waals surface area contributed by atoms with Crippen LogP contribution in [0.5, 0.6) is 0 Å². The van der Waals surface area contributed by atoms with E-state index in [9.17, 15) is 4.79 Å². The van der Waals surface area contributed by atoms with Crippen LogP contribution in [-0.2, 0) is 11.2 Å². The van der Waals surface area contributed by atoms with Crippen molar-refractivity contribution in [1.29, 1.82) is 0 Å². The molecule has 1 amide bonds. The van der Waals surface area contributed by atoms with Crippen LogP contribution in [0.3, 0.4) is 0 Å². The van der Waals surface area contributed by atoms with E-state index in [2.05, 4.69) is 51.9 Å². The molecule has 0 atom stereocenters. The lowest BCUT2D eigenvalue weighted by Gasteiger charge is -2.42. The lowest BCUT2D eigenvalue weighted by molar-refractivity contribution is -0.115. The third kappa shape index (κ3) is 5.96. The van der Waals surface area contributed by atoms with Crippen molar-refractivity contribution in [3.8, 4) is 11.1 Å². The van der Waals surface area contributed by atoms with Gasteiger partial charge in [-0.1, -0.05) is 24.3 Å². The smallest absolute Gasteiger partial charge is 0.228 e. The zero-order valence-corrected chi connectivity index (χ0v) is 20.0. The standard InChI is InChI=1S/C27H33N5O/c1-20-17-23(11-12-28-20)22-7-5-21(6-8-22)18-26(33)30-24-9-10-25(29-19-24)31-13-15-32(16-14-31)27(2,3)4/h5-12,17,19H,13-16,18H2,1-4H3,(H,30,33). The van der Waals surface area contributed by atoms with E-state index in [-0.39, 0.29) is 11.4 Å². The zero-order chi connectivity index (χ0) is 23.4. The van der Waals surface area contributed by atoms with E-state index in [1.54, 1.807) is 6.20 Å². The zero-order valence-electron chi connectivity index (χ0n) is 20.0. The summed E-state index contributed by atoms with van der Waals surface area (Å²) in [4.78, 5) is 26.2. The number of carbonyl (C=O) groups excluding carboxylic acids is 1. The summed E-state index contributed by atoms with van der Waals surface area (Å²) in [5.41, 5.74) is 5.13. The molecule has 0 aliphatic carbocycles. The Bertz CT molecular complexity index is 1080. The number of anilines is 2. The minimum atomic E-state index is -0.0455. The van der Waals surface area contributed by atoms with Crippen LogP contribution in [0.1, 0.15) is 32.0 Å². The summed E-state index contributed by atoms with van der Waals surface area (Å²) >= 11 is 0. The molecule has 0 radical (unpaired) electrons. The van der Waals surface area contributed by atoms with Crippen molar-refractivity contribution in [2.75, 3.05) is 36.4 Å². The first-order chi connectivity index (χ1) is 15.8. The predicted molar refractivity (Wildman–Crippen MR) is 135 cm³/mol. The minimum absolute atomic E-state index is 0.0455. The molecule has 4 rings (SSSR count). The first-order valence-corrected chi connectivity index (χ1v) is 11.6. The van der Waals surface area contributed by atoms with Crippen molar-refractivity contribution in [1.82, 2.24) is 14.9 Å². The first-order valence-electron chi connectivity index (χ1n) is 11.6. The van der Waals surface area contributed by atoms with Crippen LogP contribution in [0, 0.1) is 6.92 Å². The Morgan fingerprint density at radius 2 is 1.67 bits per heavy atom. The lowest BCUT2D eigenvalue weighted by Crippen LogP contribution is -2.53. The Morgan fingerprint density at radius 1 is 0.939 bits per heavy atom. The number of aryl methyl sites for hydroxylation is 1. The summed E-state index contributed by atoms with van der Waals surface area (Å²) in [7, 11) is 0. The second kappa shape index (κ2) is 9.71. The molecule has 0 saturated carbocycles. The van der Waals surface area contributed by atoms with Gasteiger partial charge in [-0.3, -0.25) is 14.7 Å². The summed E-state index contributed by atoms with van der Waals surface area (Å²) in [6.07, 6.45) is 3.89. The van der Waals surface area contributed by atoms with Crippen molar-refractivity contribution in [2.45, 2.75) is 39.7 Å². The molecule has 2 aromatic heterocycles. The SMILES string of the molecule is Cc1cc(-c2ccc(CC(=O)Nc3ccc(N4CCN(C(C)(C)C)CC4)nc3)cc2)ccn1. The maximum atomic E-state index is 12.5. The summed E-state index contributed by atoms with van der Waals surface area (Å²) in [5, 5.41) is 2.96. The molecule has 1 N–H and O–H groups in total. The highest BCUT2D eigenvalue weighted by Crippen LogP contribution is 2.22. The fraction of sp³-hybridized carbons (Fsp3) is 0.370. The fourth-order valence-electron chi connectivity index (χ4n) is 4.18. The van der Waals surface area contributed by atoms with Gasteiger partial charge in [0.05, 0.1) is 18.3 Å². The van der Waals surface area contributed by atoms with Gasteiger partial charge in [0.1, 0.15) is 5.82 Å². The van der Waals surface area contributed by atoms with Crippen molar-refractivity contribution in [3.63, 3.8) is 0 Å². The van der Waals surface area contributed by atoms with Gasteiger partial charge in [0, 0.05) is 43.6 Å². The molecule has 1 fully saturated rings. The quantitative estimate of drug-likeness (QED) is 0.627. The summed E-state index contributed by atoms with van der Waals surface area (Å²) in [6.45, 7) is 12.7. The Morgan fingerprint density at radius 3 is 2.27 bits per heavy atom. The second-order valence-electron chi connectivity index (χ2n) is 9.66. The molecule has 0 spiro atoms. The molecule has 172 valence electrons. The molecule has 1 aliphatic heterocycles. The van der Waals surface area contributed by atoms with E-state index in [0.29, 0.717) is 6.42 Å². The van der Waals surface area contributed by atoms with Gasteiger partial charge in [-0.05, 0) is 68.7 Å². The Labute approximate surface area is 196 Å². The van der Waals surface area contributed by atoms with Crippen LogP contribution < -0.4 is 10.2 Å². The highest BCUT2D eigenvalue weighted by Gasteiger charge is 2.26. The molecule has 0 bridgehead atoms. The topological polar surface area (TPSA) is 61.4 Å².